The molecule has 0 radical (unpaired) electrons. The van der Waals surface area contributed by atoms with E-state index in [0.29, 0.717) is 16.7 Å². The molecule has 0 aliphatic heterocycles. The van der Waals surface area contributed by atoms with E-state index in [0.717, 1.165) is 0 Å². The SMILES string of the molecule is COc1cccc2[nH]cc([Se]C(F)(F)F)c12. The summed E-state index contributed by atoms with van der Waals surface area (Å²) in [4.78, 5) is 2.82. The first-order valence-corrected chi connectivity index (χ1v) is 6.12. The van der Waals surface area contributed by atoms with Gasteiger partial charge in [0.15, 0.2) is 0 Å². The molecule has 0 unspecified atom stereocenters. The molecule has 1 aromatic carbocycles. The van der Waals surface area contributed by atoms with Gasteiger partial charge in [-0.25, -0.2) is 0 Å². The van der Waals surface area contributed by atoms with Crippen molar-refractivity contribution in [2.75, 3.05) is 7.11 Å². The van der Waals surface area contributed by atoms with Crippen LogP contribution in [0.2, 0.25) is 0 Å². The van der Waals surface area contributed by atoms with Gasteiger partial charge in [-0.2, -0.15) is 0 Å². The summed E-state index contributed by atoms with van der Waals surface area (Å²) in [5.41, 5.74) is 0.667. The summed E-state index contributed by atoms with van der Waals surface area (Å²) < 4.78 is 42.4. The zero-order valence-electron chi connectivity index (χ0n) is 8.26. The van der Waals surface area contributed by atoms with E-state index in [9.17, 15) is 13.2 Å². The van der Waals surface area contributed by atoms with Crippen molar-refractivity contribution >= 4 is 30.3 Å². The Hall–Kier alpha value is -1.13. The molecule has 86 valence electrons. The first-order valence-electron chi connectivity index (χ1n) is 4.41. The van der Waals surface area contributed by atoms with Crippen molar-refractivity contribution in [1.82, 2.24) is 4.98 Å². The van der Waals surface area contributed by atoms with Crippen LogP contribution < -0.4 is 9.20 Å². The number of hydrogen-bond donors (Lipinski definition) is 1. The Bertz CT molecular complexity index is 506. The molecule has 0 bridgehead atoms. The van der Waals surface area contributed by atoms with Crippen LogP contribution in [-0.2, 0) is 0 Å². The average molecular weight is 294 g/mol. The summed E-state index contributed by atoms with van der Waals surface area (Å²) in [6, 6.07) is 5.13. The zero-order chi connectivity index (χ0) is 11.8. The molecule has 0 aliphatic carbocycles. The monoisotopic (exact) mass is 295 g/mol. The van der Waals surface area contributed by atoms with Gasteiger partial charge in [0.05, 0.1) is 0 Å². The van der Waals surface area contributed by atoms with Crippen LogP contribution in [0.1, 0.15) is 0 Å². The number of aromatic nitrogens is 1. The molecule has 1 heterocycles. The minimum absolute atomic E-state index is 0.271. The van der Waals surface area contributed by atoms with Gasteiger partial charge < -0.3 is 0 Å². The van der Waals surface area contributed by atoms with Crippen molar-refractivity contribution in [2.24, 2.45) is 0 Å². The summed E-state index contributed by atoms with van der Waals surface area (Å²) in [7, 11) is 1.45. The third-order valence-corrected chi connectivity index (χ3v) is 3.70. The third-order valence-electron chi connectivity index (χ3n) is 2.08. The van der Waals surface area contributed by atoms with E-state index in [1.54, 1.807) is 18.2 Å². The molecule has 1 N–H and O–H groups in total. The molecule has 1 aromatic heterocycles. The van der Waals surface area contributed by atoms with E-state index >= 15 is 0 Å². The molecule has 2 aromatic rings. The Morgan fingerprint density at radius 2 is 2.06 bits per heavy atom. The Morgan fingerprint density at radius 3 is 2.69 bits per heavy atom. The summed E-state index contributed by atoms with van der Waals surface area (Å²) in [5.74, 6) is 0.472. The van der Waals surface area contributed by atoms with E-state index < -0.39 is 20.0 Å². The number of H-pyrrole nitrogens is 1. The topological polar surface area (TPSA) is 25.0 Å². The normalized spacial score (nSPS) is 12.0. The van der Waals surface area contributed by atoms with Gasteiger partial charge in [-0.3, -0.25) is 0 Å². The Labute approximate surface area is 95.9 Å². The van der Waals surface area contributed by atoms with E-state index in [1.807, 2.05) is 0 Å². The molecule has 0 amide bonds. The van der Waals surface area contributed by atoms with Gasteiger partial charge in [-0.05, 0) is 0 Å². The van der Waals surface area contributed by atoms with Crippen molar-refractivity contribution in [2.45, 2.75) is 5.07 Å². The van der Waals surface area contributed by atoms with Gasteiger partial charge >= 0.3 is 95.5 Å². The molecule has 0 aliphatic rings. The van der Waals surface area contributed by atoms with Crippen LogP contribution in [0.25, 0.3) is 10.9 Å². The van der Waals surface area contributed by atoms with Crippen molar-refractivity contribution < 1.29 is 17.9 Å². The van der Waals surface area contributed by atoms with E-state index in [4.69, 9.17) is 4.74 Å². The van der Waals surface area contributed by atoms with Crippen LogP contribution >= 0.6 is 0 Å². The molecule has 16 heavy (non-hydrogen) atoms. The standard InChI is InChI=1S/C10H8F3NOSe/c1-15-7-4-2-3-6-9(7)8(5-14-6)16-10(11,12)13/h2-5,14H,1H3. The van der Waals surface area contributed by atoms with Gasteiger partial charge in [0.25, 0.3) is 0 Å². The van der Waals surface area contributed by atoms with Crippen LogP contribution in [0.4, 0.5) is 13.2 Å². The van der Waals surface area contributed by atoms with Gasteiger partial charge in [0.2, 0.25) is 0 Å². The molecule has 6 heteroatoms. The molecule has 0 spiro atoms. The second-order valence-electron chi connectivity index (χ2n) is 3.08. The predicted molar refractivity (Wildman–Crippen MR) is 56.3 cm³/mol. The number of rotatable bonds is 2. The molecule has 0 fully saturated rings. The van der Waals surface area contributed by atoms with Crippen LogP contribution in [0, 0.1) is 0 Å². The number of fused-ring (bicyclic) bond motifs is 1. The number of aromatic amines is 1. The van der Waals surface area contributed by atoms with Crippen molar-refractivity contribution in [3.05, 3.63) is 24.4 Å². The number of halogens is 3. The predicted octanol–water partition coefficient (Wildman–Crippen LogP) is 2.03. The van der Waals surface area contributed by atoms with Crippen LogP contribution in [-0.4, -0.2) is 32.1 Å². The first-order chi connectivity index (χ1) is 7.51. The van der Waals surface area contributed by atoms with Gasteiger partial charge in [0, 0.05) is 0 Å². The van der Waals surface area contributed by atoms with Crippen LogP contribution in [0.15, 0.2) is 24.4 Å². The van der Waals surface area contributed by atoms with Crippen LogP contribution in [0.3, 0.4) is 0 Å². The Balaban J connectivity index is 2.54. The first kappa shape index (κ1) is 11.4. The summed E-state index contributed by atoms with van der Waals surface area (Å²) in [6.07, 6.45) is 1.40. The van der Waals surface area contributed by atoms with E-state index in [2.05, 4.69) is 4.98 Å². The number of hydrogen-bond acceptors (Lipinski definition) is 1. The Morgan fingerprint density at radius 1 is 1.31 bits per heavy atom. The van der Waals surface area contributed by atoms with E-state index in [-0.39, 0.29) is 4.46 Å². The number of ether oxygens (including phenoxy) is 1. The zero-order valence-corrected chi connectivity index (χ0v) is 9.97. The molecule has 2 nitrogen and oxygen atoms in total. The number of benzene rings is 1. The second kappa shape index (κ2) is 4.03. The fourth-order valence-corrected chi connectivity index (χ4v) is 2.92. The molecule has 0 saturated carbocycles. The van der Waals surface area contributed by atoms with Gasteiger partial charge in [-0.15, -0.1) is 0 Å². The number of alkyl halides is 3. The number of nitrogens with one attached hydrogen (secondary N) is 1. The summed E-state index contributed by atoms with van der Waals surface area (Å²) >= 11 is -1.56. The van der Waals surface area contributed by atoms with Crippen LogP contribution in [0.5, 0.6) is 5.75 Å². The average Bonchev–Trinajstić information content (AvgIpc) is 2.59. The second-order valence-corrected chi connectivity index (χ2v) is 5.41. The third kappa shape index (κ3) is 2.18. The van der Waals surface area contributed by atoms with Crippen molar-refractivity contribution in [3.8, 4) is 5.75 Å². The molecular weight excluding hydrogens is 286 g/mol. The summed E-state index contributed by atoms with van der Waals surface area (Å²) in [6.45, 7) is 0. The fraction of sp³-hybridized carbons (Fsp3) is 0.200. The van der Waals surface area contributed by atoms with Crippen molar-refractivity contribution in [3.63, 3.8) is 0 Å². The fourth-order valence-electron chi connectivity index (χ4n) is 1.50. The summed E-state index contributed by atoms with van der Waals surface area (Å²) in [5, 5.41) is -3.62. The van der Waals surface area contributed by atoms with E-state index in [1.165, 1.54) is 13.3 Å². The van der Waals surface area contributed by atoms with Gasteiger partial charge in [-0.1, -0.05) is 0 Å². The minimum atomic E-state index is -4.15. The Kier molecular flexibility index (Phi) is 2.86. The number of methoxy groups -OCH3 is 1. The molecule has 2 rings (SSSR count). The molecule has 0 saturated heterocycles. The molecule has 0 atom stereocenters. The van der Waals surface area contributed by atoms with Gasteiger partial charge in [0.1, 0.15) is 0 Å². The maximum atomic E-state index is 12.4. The quantitative estimate of drug-likeness (QED) is 0.842. The molecular formula is C10H8F3NOSe. The maximum absolute atomic E-state index is 12.4. The van der Waals surface area contributed by atoms with Crippen molar-refractivity contribution in [1.29, 1.82) is 0 Å².